The minimum Gasteiger partial charge on any atom is -0.465 e. The zero-order chi connectivity index (χ0) is 26.9. The highest BCUT2D eigenvalue weighted by molar-refractivity contribution is 7.15. The van der Waals surface area contributed by atoms with Gasteiger partial charge in [-0.15, -0.1) is 0 Å². The molecule has 0 aliphatic heterocycles. The molecule has 0 saturated heterocycles. The van der Waals surface area contributed by atoms with Crippen molar-refractivity contribution in [2.75, 3.05) is 12.4 Å². The number of rotatable bonds is 10. The molecule has 11 heteroatoms. The Kier molecular flexibility index (Phi) is 9.22. The average Bonchev–Trinajstić information content (AvgIpc) is 3.22. The highest BCUT2D eigenvalue weighted by Crippen LogP contribution is 2.26. The van der Waals surface area contributed by atoms with Crippen molar-refractivity contribution in [3.8, 4) is 0 Å². The quantitative estimate of drug-likeness (QED) is 0.206. The first-order valence-electron chi connectivity index (χ1n) is 11.4. The third-order valence-electron chi connectivity index (χ3n) is 5.32. The van der Waals surface area contributed by atoms with E-state index >= 15 is 0 Å². The predicted octanol–water partition coefficient (Wildman–Crippen LogP) is 4.29. The Hall–Kier alpha value is -4.38. The Morgan fingerprint density at radius 3 is 2.24 bits per heavy atom. The maximum Gasteiger partial charge on any atom is 0.409 e. The summed E-state index contributed by atoms with van der Waals surface area (Å²) >= 11 is 1.33. The van der Waals surface area contributed by atoms with Gasteiger partial charge in [-0.2, -0.15) is 0 Å². The van der Waals surface area contributed by atoms with E-state index in [0.29, 0.717) is 41.3 Å². The molecule has 3 N–H and O–H groups in total. The number of hydrogen-bond donors (Lipinski definition) is 3. The van der Waals surface area contributed by atoms with Crippen molar-refractivity contribution in [2.24, 2.45) is 4.99 Å². The summed E-state index contributed by atoms with van der Waals surface area (Å²) in [6.07, 6.45) is 1.18. The number of amides is 3. The van der Waals surface area contributed by atoms with Gasteiger partial charge in [-0.05, 0) is 49.6 Å². The third kappa shape index (κ3) is 8.07. The van der Waals surface area contributed by atoms with Crippen LogP contribution < -0.4 is 10.6 Å². The number of Topliss-reactive ketones (excluding diaryl/α,β-unsaturated/α-hetero) is 1. The van der Waals surface area contributed by atoms with Gasteiger partial charge in [0.1, 0.15) is 0 Å². The fourth-order valence-electron chi connectivity index (χ4n) is 3.43. The summed E-state index contributed by atoms with van der Waals surface area (Å²) in [7, 11) is 1.70. The summed E-state index contributed by atoms with van der Waals surface area (Å²) in [4.78, 5) is 57.6. The smallest absolute Gasteiger partial charge is 0.409 e. The Bertz CT molecular complexity index is 1320. The predicted molar refractivity (Wildman–Crippen MR) is 142 cm³/mol. The molecule has 10 nitrogen and oxygen atoms in total. The Morgan fingerprint density at radius 1 is 1.00 bits per heavy atom. The van der Waals surface area contributed by atoms with Gasteiger partial charge in [0.15, 0.2) is 10.9 Å². The fourth-order valence-corrected chi connectivity index (χ4v) is 4.54. The summed E-state index contributed by atoms with van der Waals surface area (Å²) in [5, 5.41) is 13.8. The van der Waals surface area contributed by atoms with E-state index in [1.807, 2.05) is 12.1 Å². The molecular formula is C26H27N5O5S. The number of carboxylic acid groups (broad SMARTS) is 1. The van der Waals surface area contributed by atoms with Crippen LogP contribution >= 0.6 is 11.3 Å². The first-order valence-corrected chi connectivity index (χ1v) is 12.2. The zero-order valence-corrected chi connectivity index (χ0v) is 21.5. The summed E-state index contributed by atoms with van der Waals surface area (Å²) in [5.41, 5.74) is 3.44. The molecular weight excluding hydrogens is 494 g/mol. The average molecular weight is 522 g/mol. The summed E-state index contributed by atoms with van der Waals surface area (Å²) in [5.74, 6) is -0.482. The number of aryl methyl sites for hydroxylation is 2. The second kappa shape index (κ2) is 12.5. The number of benzene rings is 2. The van der Waals surface area contributed by atoms with E-state index in [-0.39, 0.29) is 17.6 Å². The second-order valence-corrected chi connectivity index (χ2v) is 9.32. The first kappa shape index (κ1) is 27.2. The first-order chi connectivity index (χ1) is 17.6. The maximum absolute atomic E-state index is 13.0. The SMILES string of the molecule is CC(=O)Nc1nc(CCc2ccc(N=CNC(=O)O)cc2)c(CN(C)C(=O)c2ccc(C(C)=O)cc2)s1. The second-order valence-electron chi connectivity index (χ2n) is 8.24. The minimum absolute atomic E-state index is 0.0651. The number of ketones is 1. The minimum atomic E-state index is -1.18. The maximum atomic E-state index is 13.0. The summed E-state index contributed by atoms with van der Waals surface area (Å²) < 4.78 is 0. The normalized spacial score (nSPS) is 10.8. The van der Waals surface area contributed by atoms with E-state index < -0.39 is 6.09 Å². The largest absolute Gasteiger partial charge is 0.465 e. The third-order valence-corrected chi connectivity index (χ3v) is 6.31. The van der Waals surface area contributed by atoms with Gasteiger partial charge in [-0.1, -0.05) is 35.6 Å². The van der Waals surface area contributed by atoms with Crippen LogP contribution in [0.25, 0.3) is 0 Å². The molecule has 0 unspecified atom stereocenters. The van der Waals surface area contributed by atoms with Crippen LogP contribution in [0, 0.1) is 0 Å². The molecule has 0 bridgehead atoms. The molecule has 0 aliphatic carbocycles. The summed E-state index contributed by atoms with van der Waals surface area (Å²) in [6.45, 7) is 3.20. The lowest BCUT2D eigenvalue weighted by molar-refractivity contribution is -0.114. The van der Waals surface area contributed by atoms with Crippen molar-refractivity contribution in [1.82, 2.24) is 15.2 Å². The lowest BCUT2D eigenvalue weighted by Crippen LogP contribution is -2.26. The van der Waals surface area contributed by atoms with Gasteiger partial charge in [-0.3, -0.25) is 19.7 Å². The molecule has 0 spiro atoms. The van der Waals surface area contributed by atoms with Crippen LogP contribution in [0.1, 0.15) is 50.7 Å². The molecule has 37 heavy (non-hydrogen) atoms. The molecule has 2 aromatic carbocycles. The Labute approximate surface area is 218 Å². The van der Waals surface area contributed by atoms with Crippen LogP contribution in [0.3, 0.4) is 0 Å². The van der Waals surface area contributed by atoms with E-state index in [2.05, 4.69) is 20.6 Å². The molecule has 192 valence electrons. The number of nitrogens with zero attached hydrogens (tertiary/aromatic N) is 3. The van der Waals surface area contributed by atoms with E-state index in [0.717, 1.165) is 22.5 Å². The van der Waals surface area contributed by atoms with Crippen molar-refractivity contribution in [1.29, 1.82) is 0 Å². The van der Waals surface area contributed by atoms with Gasteiger partial charge in [-0.25, -0.2) is 14.8 Å². The van der Waals surface area contributed by atoms with Gasteiger partial charge in [0.25, 0.3) is 5.91 Å². The van der Waals surface area contributed by atoms with Crippen molar-refractivity contribution >= 4 is 52.2 Å². The number of carbonyl (C=O) groups excluding carboxylic acids is 3. The molecule has 3 amide bonds. The van der Waals surface area contributed by atoms with Gasteiger partial charge in [0.2, 0.25) is 5.91 Å². The summed E-state index contributed by atoms with van der Waals surface area (Å²) in [6, 6.07) is 13.9. The lowest BCUT2D eigenvalue weighted by atomic mass is 10.1. The standard InChI is InChI=1S/C26H27N5O5S/c1-16(32)19-7-9-20(10-8-19)24(34)31(3)14-23-22(30-25(37-23)29-17(2)33)13-6-18-4-11-21(12-5-18)27-15-28-26(35)36/h4-5,7-12,15H,6,13-14H2,1-3H3,(H,27,28)(H,35,36)(H,29,30,33). The van der Waals surface area contributed by atoms with Crippen molar-refractivity contribution < 1.29 is 24.3 Å². The van der Waals surface area contributed by atoms with Crippen LogP contribution in [0.2, 0.25) is 0 Å². The van der Waals surface area contributed by atoms with E-state index in [9.17, 15) is 19.2 Å². The number of anilines is 1. The highest BCUT2D eigenvalue weighted by Gasteiger charge is 2.18. The van der Waals surface area contributed by atoms with Gasteiger partial charge in [0, 0.05) is 30.0 Å². The lowest BCUT2D eigenvalue weighted by Gasteiger charge is -2.17. The van der Waals surface area contributed by atoms with Crippen LogP contribution in [0.5, 0.6) is 0 Å². The van der Waals surface area contributed by atoms with E-state index in [4.69, 9.17) is 5.11 Å². The van der Waals surface area contributed by atoms with Crippen LogP contribution in [-0.4, -0.2) is 52.1 Å². The molecule has 0 saturated carbocycles. The van der Waals surface area contributed by atoms with Crippen LogP contribution in [-0.2, 0) is 24.2 Å². The highest BCUT2D eigenvalue weighted by atomic mass is 32.1. The topological polar surface area (TPSA) is 141 Å². The van der Waals surface area contributed by atoms with Crippen LogP contribution in [0.4, 0.5) is 15.6 Å². The molecule has 1 aromatic heterocycles. The van der Waals surface area contributed by atoms with Gasteiger partial charge in [0.05, 0.1) is 24.3 Å². The molecule has 0 atom stereocenters. The Morgan fingerprint density at radius 2 is 1.65 bits per heavy atom. The van der Waals surface area contributed by atoms with E-state index in [1.165, 1.54) is 25.2 Å². The fraction of sp³-hybridized carbons (Fsp3) is 0.231. The van der Waals surface area contributed by atoms with Gasteiger partial charge >= 0.3 is 6.09 Å². The number of hydrogen-bond acceptors (Lipinski definition) is 7. The zero-order valence-electron chi connectivity index (χ0n) is 20.6. The van der Waals surface area contributed by atoms with Crippen molar-refractivity contribution in [3.63, 3.8) is 0 Å². The monoisotopic (exact) mass is 521 g/mol. The van der Waals surface area contributed by atoms with E-state index in [1.54, 1.807) is 48.3 Å². The van der Waals surface area contributed by atoms with Gasteiger partial charge < -0.3 is 15.3 Å². The van der Waals surface area contributed by atoms with Crippen molar-refractivity contribution in [2.45, 2.75) is 33.2 Å². The molecule has 1 heterocycles. The molecule has 0 radical (unpaired) electrons. The number of thiazole rings is 1. The molecule has 0 fully saturated rings. The van der Waals surface area contributed by atoms with Crippen LogP contribution in [0.15, 0.2) is 53.5 Å². The number of nitrogens with one attached hydrogen (secondary N) is 2. The molecule has 0 aliphatic rings. The Balaban J connectivity index is 1.70. The molecule has 3 rings (SSSR count). The van der Waals surface area contributed by atoms with Crippen molar-refractivity contribution in [3.05, 3.63) is 75.8 Å². The number of aliphatic imine (C=N–C) groups is 1. The number of aromatic nitrogens is 1. The molecule has 3 aromatic rings. The number of carbonyl (C=O) groups is 4.